The van der Waals surface area contributed by atoms with Crippen molar-refractivity contribution >= 4 is 38.7 Å². The average Bonchev–Trinajstić information content (AvgIpc) is 3.24. The van der Waals surface area contributed by atoms with Crippen LogP contribution in [0.1, 0.15) is 16.0 Å². The predicted octanol–water partition coefficient (Wildman–Crippen LogP) is 3.33. The Labute approximate surface area is 205 Å². The van der Waals surface area contributed by atoms with Crippen molar-refractivity contribution in [2.24, 2.45) is 0 Å². The van der Waals surface area contributed by atoms with Gasteiger partial charge in [0.2, 0.25) is 16.0 Å². The van der Waals surface area contributed by atoms with Crippen molar-refractivity contribution in [1.29, 1.82) is 0 Å². The molecule has 1 fully saturated rings. The van der Waals surface area contributed by atoms with Crippen LogP contribution >= 0.6 is 11.3 Å². The lowest BCUT2D eigenvalue weighted by Gasteiger charge is -2.34. The Morgan fingerprint density at radius 3 is 2.65 bits per heavy atom. The Kier molecular flexibility index (Phi) is 6.32. The van der Waals surface area contributed by atoms with Gasteiger partial charge in [-0.25, -0.2) is 18.4 Å². The van der Waals surface area contributed by atoms with Crippen molar-refractivity contribution in [2.75, 3.05) is 56.2 Å². The second kappa shape index (κ2) is 9.26. The highest BCUT2D eigenvalue weighted by Gasteiger charge is 2.26. The first-order valence-corrected chi connectivity index (χ1v) is 14.1. The standard InChI is InChI=1S/C24H30N6O2S2/c1-17-15-25-24(26-19-5-4-6-20(14-19)29-11-9-28(2)10-12-29)27-23(17)22-13-18-16-30(34(3,31)32)8-7-21(18)33-22/h4-6,13-15H,7-12,16H2,1-3H3,(H,25,26,27). The highest BCUT2D eigenvalue weighted by molar-refractivity contribution is 7.88. The SMILES string of the molecule is Cc1cnc(Nc2cccc(N3CCN(C)CC3)c2)nc1-c1cc2c(s1)CCN(S(C)(=O)=O)C2. The minimum Gasteiger partial charge on any atom is -0.369 e. The summed E-state index contributed by atoms with van der Waals surface area (Å²) in [5.41, 5.74) is 5.12. The Morgan fingerprint density at radius 1 is 1.09 bits per heavy atom. The zero-order valence-electron chi connectivity index (χ0n) is 19.8. The van der Waals surface area contributed by atoms with E-state index in [0.717, 1.165) is 60.0 Å². The van der Waals surface area contributed by atoms with Crippen LogP contribution in [0.3, 0.4) is 0 Å². The van der Waals surface area contributed by atoms with Gasteiger partial charge in [-0.15, -0.1) is 11.3 Å². The maximum atomic E-state index is 12.0. The number of fused-ring (bicyclic) bond motifs is 1. The van der Waals surface area contributed by atoms with Gasteiger partial charge in [0.1, 0.15) is 0 Å². The average molecular weight is 499 g/mol. The predicted molar refractivity (Wildman–Crippen MR) is 138 cm³/mol. The van der Waals surface area contributed by atoms with Gasteiger partial charge >= 0.3 is 0 Å². The molecule has 1 aromatic carbocycles. The van der Waals surface area contributed by atoms with Crippen LogP contribution in [0.2, 0.25) is 0 Å². The van der Waals surface area contributed by atoms with E-state index in [1.165, 1.54) is 16.8 Å². The summed E-state index contributed by atoms with van der Waals surface area (Å²) in [5, 5.41) is 3.38. The lowest BCUT2D eigenvalue weighted by molar-refractivity contribution is 0.313. The van der Waals surface area contributed by atoms with Crippen molar-refractivity contribution in [3.8, 4) is 10.6 Å². The van der Waals surface area contributed by atoms with Gasteiger partial charge in [0, 0.05) is 61.7 Å². The number of aromatic nitrogens is 2. The molecule has 2 aliphatic rings. The summed E-state index contributed by atoms with van der Waals surface area (Å²) in [6.07, 6.45) is 3.86. The maximum Gasteiger partial charge on any atom is 0.227 e. The van der Waals surface area contributed by atoms with Crippen LogP contribution in [-0.4, -0.2) is 73.6 Å². The highest BCUT2D eigenvalue weighted by Crippen LogP contribution is 2.36. The number of aryl methyl sites for hydroxylation is 1. The largest absolute Gasteiger partial charge is 0.369 e. The number of nitrogens with zero attached hydrogens (tertiary/aromatic N) is 5. The van der Waals surface area contributed by atoms with E-state index in [0.29, 0.717) is 19.0 Å². The summed E-state index contributed by atoms with van der Waals surface area (Å²) < 4.78 is 25.5. The second-order valence-corrected chi connectivity index (χ2v) is 12.2. The Hall–Kier alpha value is -2.53. The summed E-state index contributed by atoms with van der Waals surface area (Å²) >= 11 is 1.70. The number of benzene rings is 1. The highest BCUT2D eigenvalue weighted by atomic mass is 32.2. The normalized spacial score (nSPS) is 17.6. The monoisotopic (exact) mass is 498 g/mol. The maximum absolute atomic E-state index is 12.0. The summed E-state index contributed by atoms with van der Waals surface area (Å²) in [6.45, 7) is 7.14. The molecule has 1 saturated heterocycles. The van der Waals surface area contributed by atoms with E-state index in [2.05, 4.69) is 51.4 Å². The van der Waals surface area contributed by atoms with E-state index in [9.17, 15) is 8.42 Å². The van der Waals surface area contributed by atoms with Crippen LogP contribution in [0.4, 0.5) is 17.3 Å². The molecular weight excluding hydrogens is 468 g/mol. The van der Waals surface area contributed by atoms with Crippen molar-refractivity contribution in [1.82, 2.24) is 19.2 Å². The van der Waals surface area contributed by atoms with E-state index < -0.39 is 10.0 Å². The van der Waals surface area contributed by atoms with E-state index >= 15 is 0 Å². The first-order valence-electron chi connectivity index (χ1n) is 11.5. The first-order chi connectivity index (χ1) is 16.3. The third-order valence-electron chi connectivity index (χ3n) is 6.48. The molecule has 0 aliphatic carbocycles. The Balaban J connectivity index is 1.37. The van der Waals surface area contributed by atoms with Crippen LogP contribution in [-0.2, 0) is 23.0 Å². The van der Waals surface area contributed by atoms with Crippen LogP contribution < -0.4 is 10.2 Å². The zero-order chi connectivity index (χ0) is 23.9. The minimum absolute atomic E-state index is 0.430. The van der Waals surface area contributed by atoms with Crippen molar-refractivity contribution < 1.29 is 8.42 Å². The second-order valence-electron chi connectivity index (χ2n) is 9.10. The van der Waals surface area contributed by atoms with Gasteiger partial charge in [-0.3, -0.25) is 0 Å². The molecule has 0 radical (unpaired) electrons. The van der Waals surface area contributed by atoms with Gasteiger partial charge in [0.15, 0.2) is 0 Å². The molecular formula is C24H30N6O2S2. The topological polar surface area (TPSA) is 81.7 Å². The Morgan fingerprint density at radius 2 is 1.88 bits per heavy atom. The number of anilines is 3. The van der Waals surface area contributed by atoms with Gasteiger partial charge in [0.05, 0.1) is 16.8 Å². The van der Waals surface area contributed by atoms with E-state index in [-0.39, 0.29) is 0 Å². The van der Waals surface area contributed by atoms with Gasteiger partial charge in [-0.05, 0) is 55.8 Å². The van der Waals surface area contributed by atoms with Crippen LogP contribution in [0.25, 0.3) is 10.6 Å². The molecule has 0 atom stereocenters. The molecule has 0 amide bonds. The van der Waals surface area contributed by atoms with E-state index in [1.54, 1.807) is 15.6 Å². The number of rotatable bonds is 5. The number of hydrogen-bond donors (Lipinski definition) is 1. The fourth-order valence-electron chi connectivity index (χ4n) is 4.43. The smallest absolute Gasteiger partial charge is 0.227 e. The summed E-state index contributed by atoms with van der Waals surface area (Å²) in [5.74, 6) is 0.556. The summed E-state index contributed by atoms with van der Waals surface area (Å²) in [6, 6.07) is 10.5. The van der Waals surface area contributed by atoms with Gasteiger partial charge in [-0.1, -0.05) is 6.07 Å². The third kappa shape index (κ3) is 4.95. The third-order valence-corrected chi connectivity index (χ3v) is 8.97. The number of hydrogen-bond acceptors (Lipinski definition) is 8. The molecule has 8 nitrogen and oxygen atoms in total. The number of piperazine rings is 1. The molecule has 5 rings (SSSR count). The number of nitrogens with one attached hydrogen (secondary N) is 1. The number of likely N-dealkylation sites (N-methyl/N-ethyl adjacent to an activating group) is 1. The number of thiophene rings is 1. The summed E-state index contributed by atoms with van der Waals surface area (Å²) in [7, 11) is -1.03. The van der Waals surface area contributed by atoms with Crippen LogP contribution in [0.15, 0.2) is 36.5 Å². The Bertz CT molecular complexity index is 1300. The van der Waals surface area contributed by atoms with Gasteiger partial charge in [0.25, 0.3) is 0 Å². The van der Waals surface area contributed by atoms with Crippen LogP contribution in [0.5, 0.6) is 0 Å². The molecule has 0 bridgehead atoms. The molecule has 1 N–H and O–H groups in total. The minimum atomic E-state index is -3.19. The van der Waals surface area contributed by atoms with Crippen molar-refractivity contribution in [3.05, 3.63) is 52.5 Å². The van der Waals surface area contributed by atoms with Crippen molar-refractivity contribution in [3.63, 3.8) is 0 Å². The molecule has 0 spiro atoms. The molecule has 34 heavy (non-hydrogen) atoms. The summed E-state index contributed by atoms with van der Waals surface area (Å²) in [4.78, 5) is 16.4. The van der Waals surface area contributed by atoms with Gasteiger partial charge in [-0.2, -0.15) is 4.31 Å². The lowest BCUT2D eigenvalue weighted by atomic mass is 10.1. The molecule has 3 aromatic rings. The molecule has 2 aliphatic heterocycles. The molecule has 2 aromatic heterocycles. The first kappa shape index (κ1) is 23.2. The fourth-order valence-corrected chi connectivity index (χ4v) is 6.45. The van der Waals surface area contributed by atoms with Crippen LogP contribution in [0, 0.1) is 6.92 Å². The number of sulfonamides is 1. The fraction of sp³-hybridized carbons (Fsp3) is 0.417. The molecule has 0 saturated carbocycles. The van der Waals surface area contributed by atoms with E-state index in [1.807, 2.05) is 19.2 Å². The lowest BCUT2D eigenvalue weighted by Crippen LogP contribution is -2.44. The molecule has 4 heterocycles. The van der Waals surface area contributed by atoms with Crippen molar-refractivity contribution in [2.45, 2.75) is 19.9 Å². The van der Waals surface area contributed by atoms with Gasteiger partial charge < -0.3 is 15.1 Å². The quantitative estimate of drug-likeness (QED) is 0.578. The molecule has 180 valence electrons. The molecule has 10 heteroatoms. The zero-order valence-corrected chi connectivity index (χ0v) is 21.4. The van der Waals surface area contributed by atoms with E-state index in [4.69, 9.17) is 4.98 Å². The molecule has 0 unspecified atom stereocenters.